The Hall–Kier alpha value is -4.73. The van der Waals surface area contributed by atoms with Gasteiger partial charge in [0.1, 0.15) is 5.75 Å². The molecular formula is C26H25N3O7. The van der Waals surface area contributed by atoms with Gasteiger partial charge in [0.25, 0.3) is 11.6 Å². The second kappa shape index (κ2) is 12.1. The fourth-order valence-corrected chi connectivity index (χ4v) is 3.07. The van der Waals surface area contributed by atoms with Crippen molar-refractivity contribution in [2.75, 3.05) is 13.2 Å². The predicted molar refractivity (Wildman–Crippen MR) is 133 cm³/mol. The number of ether oxygens (including phenoxy) is 3. The molecule has 0 aliphatic carbocycles. The van der Waals surface area contributed by atoms with Crippen molar-refractivity contribution in [3.05, 3.63) is 93.0 Å². The van der Waals surface area contributed by atoms with Crippen LogP contribution in [-0.2, 0) is 4.79 Å². The number of rotatable bonds is 10. The number of nitrogens with zero attached hydrogens (tertiary/aromatic N) is 2. The van der Waals surface area contributed by atoms with Gasteiger partial charge in [0.15, 0.2) is 18.1 Å². The Labute approximate surface area is 207 Å². The predicted octanol–water partition coefficient (Wildman–Crippen LogP) is 4.36. The lowest BCUT2D eigenvalue weighted by molar-refractivity contribution is -0.384. The number of nitro benzene ring substituents is 1. The molecule has 0 fully saturated rings. The summed E-state index contributed by atoms with van der Waals surface area (Å²) in [6.45, 7) is 5.78. The summed E-state index contributed by atoms with van der Waals surface area (Å²) in [7, 11) is 0. The minimum absolute atomic E-state index is 0.130. The first-order chi connectivity index (χ1) is 17.3. The number of nitro groups is 1. The quantitative estimate of drug-likeness (QED) is 0.147. The van der Waals surface area contributed by atoms with Crippen molar-refractivity contribution in [1.29, 1.82) is 0 Å². The Kier molecular flexibility index (Phi) is 8.71. The average Bonchev–Trinajstić information content (AvgIpc) is 2.86. The number of carbonyl (C=O) groups excluding carboxylic acids is 2. The standard InChI is InChI=1S/C26H25N3O7/c1-4-34-24-14-19(15-27-28-25(30)16-35-22-7-5-6-17(2)18(22)3)8-13-23(24)36-26(31)20-9-11-21(12-10-20)29(32)33/h5-15H,4,16H2,1-3H3,(H,28,30). The van der Waals surface area contributed by atoms with E-state index in [1.165, 1.54) is 36.5 Å². The lowest BCUT2D eigenvalue weighted by Gasteiger charge is -2.11. The SMILES string of the molecule is CCOc1cc(C=NNC(=O)COc2cccc(C)c2C)ccc1OC(=O)c1ccc([N+](=O)[O-])cc1. The Morgan fingerprint density at radius 3 is 2.44 bits per heavy atom. The average molecular weight is 492 g/mol. The van der Waals surface area contributed by atoms with E-state index in [0.29, 0.717) is 23.7 Å². The zero-order valence-corrected chi connectivity index (χ0v) is 20.0. The number of nitrogens with one attached hydrogen (secondary N) is 1. The van der Waals surface area contributed by atoms with E-state index in [1.54, 1.807) is 25.1 Å². The van der Waals surface area contributed by atoms with Crippen LogP contribution < -0.4 is 19.6 Å². The molecule has 0 atom stereocenters. The van der Waals surface area contributed by atoms with Crippen molar-refractivity contribution in [2.24, 2.45) is 5.10 Å². The van der Waals surface area contributed by atoms with Crippen LogP contribution in [0, 0.1) is 24.0 Å². The number of aryl methyl sites for hydroxylation is 1. The molecule has 1 N–H and O–H groups in total. The minimum atomic E-state index is -0.691. The highest BCUT2D eigenvalue weighted by Gasteiger charge is 2.15. The second-order valence-corrected chi connectivity index (χ2v) is 7.61. The molecule has 0 aliphatic heterocycles. The largest absolute Gasteiger partial charge is 0.490 e. The van der Waals surface area contributed by atoms with Gasteiger partial charge < -0.3 is 14.2 Å². The van der Waals surface area contributed by atoms with Crippen LogP contribution in [0.2, 0.25) is 0 Å². The molecule has 0 saturated carbocycles. The van der Waals surface area contributed by atoms with Gasteiger partial charge in [-0.1, -0.05) is 12.1 Å². The van der Waals surface area contributed by atoms with Gasteiger partial charge in [0.05, 0.1) is 23.3 Å². The number of hydrogen-bond acceptors (Lipinski definition) is 8. The second-order valence-electron chi connectivity index (χ2n) is 7.61. The van der Waals surface area contributed by atoms with Crippen molar-refractivity contribution in [1.82, 2.24) is 5.43 Å². The summed E-state index contributed by atoms with van der Waals surface area (Å²) in [4.78, 5) is 34.8. The third kappa shape index (κ3) is 6.89. The number of hydrogen-bond donors (Lipinski definition) is 1. The van der Waals surface area contributed by atoms with E-state index in [9.17, 15) is 19.7 Å². The van der Waals surface area contributed by atoms with Crippen LogP contribution in [0.25, 0.3) is 0 Å². The van der Waals surface area contributed by atoms with Gasteiger partial charge in [-0.25, -0.2) is 10.2 Å². The molecule has 1 amide bonds. The molecule has 0 aliphatic rings. The highest BCUT2D eigenvalue weighted by molar-refractivity contribution is 5.92. The summed E-state index contributed by atoms with van der Waals surface area (Å²) in [5, 5.41) is 14.7. The Morgan fingerprint density at radius 1 is 1.00 bits per heavy atom. The molecule has 0 unspecified atom stereocenters. The van der Waals surface area contributed by atoms with Crippen LogP contribution in [0.5, 0.6) is 17.2 Å². The third-order valence-electron chi connectivity index (χ3n) is 5.10. The summed E-state index contributed by atoms with van der Waals surface area (Å²) in [6, 6.07) is 15.4. The number of non-ortho nitro benzene ring substituents is 1. The number of benzene rings is 3. The Morgan fingerprint density at radius 2 is 1.75 bits per heavy atom. The molecule has 0 saturated heterocycles. The summed E-state index contributed by atoms with van der Waals surface area (Å²) in [5.41, 5.74) is 5.04. The van der Waals surface area contributed by atoms with E-state index in [-0.39, 0.29) is 23.6 Å². The number of hydrazone groups is 1. The summed E-state index contributed by atoms with van der Waals surface area (Å²) in [6.07, 6.45) is 1.42. The molecule has 3 aromatic rings. The van der Waals surface area contributed by atoms with Crippen molar-refractivity contribution < 1.29 is 28.7 Å². The smallest absolute Gasteiger partial charge is 0.343 e. The van der Waals surface area contributed by atoms with Crippen LogP contribution in [0.15, 0.2) is 65.8 Å². The Bertz CT molecular complexity index is 1290. The molecular weight excluding hydrogens is 466 g/mol. The van der Waals surface area contributed by atoms with Crippen LogP contribution in [0.4, 0.5) is 5.69 Å². The lowest BCUT2D eigenvalue weighted by atomic mass is 10.1. The molecule has 0 heterocycles. The monoisotopic (exact) mass is 491 g/mol. The van der Waals surface area contributed by atoms with Gasteiger partial charge in [-0.15, -0.1) is 0 Å². The van der Waals surface area contributed by atoms with Crippen molar-refractivity contribution >= 4 is 23.8 Å². The Balaban J connectivity index is 1.61. The van der Waals surface area contributed by atoms with E-state index in [2.05, 4.69) is 10.5 Å². The van der Waals surface area contributed by atoms with E-state index < -0.39 is 16.8 Å². The normalized spacial score (nSPS) is 10.6. The zero-order valence-electron chi connectivity index (χ0n) is 20.0. The highest BCUT2D eigenvalue weighted by Crippen LogP contribution is 2.29. The maximum Gasteiger partial charge on any atom is 0.343 e. The number of carbonyl (C=O) groups is 2. The zero-order chi connectivity index (χ0) is 26.1. The topological polar surface area (TPSA) is 129 Å². The van der Waals surface area contributed by atoms with Gasteiger partial charge in [-0.3, -0.25) is 14.9 Å². The molecule has 10 heteroatoms. The van der Waals surface area contributed by atoms with Crippen LogP contribution in [0.1, 0.15) is 34.0 Å². The molecule has 0 spiro atoms. The van der Waals surface area contributed by atoms with Crippen LogP contribution >= 0.6 is 0 Å². The molecule has 10 nitrogen and oxygen atoms in total. The fourth-order valence-electron chi connectivity index (χ4n) is 3.07. The fraction of sp³-hybridized carbons (Fsp3) is 0.192. The number of esters is 1. The van der Waals surface area contributed by atoms with Crippen molar-refractivity contribution in [3.8, 4) is 17.2 Å². The van der Waals surface area contributed by atoms with Gasteiger partial charge in [0.2, 0.25) is 0 Å². The molecule has 0 bridgehead atoms. The van der Waals surface area contributed by atoms with Gasteiger partial charge in [0, 0.05) is 12.1 Å². The van der Waals surface area contributed by atoms with E-state index >= 15 is 0 Å². The van der Waals surface area contributed by atoms with Gasteiger partial charge in [-0.05, 0) is 73.9 Å². The summed E-state index contributed by atoms with van der Waals surface area (Å²) < 4.78 is 16.5. The maximum atomic E-state index is 12.5. The molecule has 3 rings (SSSR count). The molecule has 186 valence electrons. The first kappa shape index (κ1) is 25.9. The first-order valence-electron chi connectivity index (χ1n) is 11.0. The van der Waals surface area contributed by atoms with Crippen LogP contribution in [0.3, 0.4) is 0 Å². The highest BCUT2D eigenvalue weighted by atomic mass is 16.6. The van der Waals surface area contributed by atoms with Crippen molar-refractivity contribution in [2.45, 2.75) is 20.8 Å². The third-order valence-corrected chi connectivity index (χ3v) is 5.10. The lowest BCUT2D eigenvalue weighted by Crippen LogP contribution is -2.24. The molecule has 0 radical (unpaired) electrons. The van der Waals surface area contributed by atoms with Crippen molar-refractivity contribution in [3.63, 3.8) is 0 Å². The maximum absolute atomic E-state index is 12.5. The van der Waals surface area contributed by atoms with E-state index in [1.807, 2.05) is 26.0 Å². The molecule has 3 aromatic carbocycles. The van der Waals surface area contributed by atoms with E-state index in [0.717, 1.165) is 11.1 Å². The summed E-state index contributed by atoms with van der Waals surface area (Å²) >= 11 is 0. The summed E-state index contributed by atoms with van der Waals surface area (Å²) in [5.74, 6) is -0.0202. The van der Waals surface area contributed by atoms with Gasteiger partial charge in [-0.2, -0.15) is 5.10 Å². The molecule has 36 heavy (non-hydrogen) atoms. The molecule has 0 aromatic heterocycles. The first-order valence-corrected chi connectivity index (χ1v) is 11.0. The number of amides is 1. The van der Waals surface area contributed by atoms with Crippen LogP contribution in [-0.4, -0.2) is 36.2 Å². The minimum Gasteiger partial charge on any atom is -0.490 e. The van der Waals surface area contributed by atoms with Gasteiger partial charge >= 0.3 is 5.97 Å². The van der Waals surface area contributed by atoms with E-state index in [4.69, 9.17) is 14.2 Å².